The fourth-order valence-electron chi connectivity index (χ4n) is 2.14. The Kier molecular flexibility index (Phi) is 3.42. The number of hydrogen-bond donors (Lipinski definition) is 1. The predicted molar refractivity (Wildman–Crippen MR) is 67.7 cm³/mol. The van der Waals surface area contributed by atoms with Crippen LogP contribution in [0.5, 0.6) is 0 Å². The number of aromatic nitrogens is 1. The van der Waals surface area contributed by atoms with Crippen LogP contribution in [0.2, 0.25) is 0 Å². The third-order valence-corrected chi connectivity index (χ3v) is 3.20. The van der Waals surface area contributed by atoms with Gasteiger partial charge in [0.2, 0.25) is 0 Å². The highest BCUT2D eigenvalue weighted by Gasteiger charge is 2.27. The number of hydrogen-bond acceptors (Lipinski definition) is 3. The van der Waals surface area contributed by atoms with Crippen molar-refractivity contribution in [2.24, 2.45) is 0 Å². The summed E-state index contributed by atoms with van der Waals surface area (Å²) in [4.78, 5) is 15.8. The fourth-order valence-corrected chi connectivity index (χ4v) is 2.14. The number of nitrogens with zero attached hydrogens (tertiary/aromatic N) is 2. The number of carbonyl (C=O) groups excluding carboxylic acids is 1. The average Bonchev–Trinajstić information content (AvgIpc) is 2.39. The monoisotopic (exact) mass is 241 g/mol. The Bertz CT molecular complexity index is 542. The number of rotatable bonds is 2. The highest BCUT2D eigenvalue weighted by Crippen LogP contribution is 2.26. The maximum Gasteiger partial charge on any atom is 0.261 e. The van der Waals surface area contributed by atoms with Gasteiger partial charge in [0.15, 0.2) is 0 Å². The van der Waals surface area contributed by atoms with E-state index in [4.69, 9.17) is 5.26 Å². The Hall–Kier alpha value is -2.15. The Morgan fingerprint density at radius 1 is 1.56 bits per heavy atom. The van der Waals surface area contributed by atoms with Gasteiger partial charge < -0.3 is 5.32 Å². The van der Waals surface area contributed by atoms with Crippen molar-refractivity contribution >= 4 is 5.91 Å². The normalized spacial score (nSPS) is 22.9. The van der Waals surface area contributed by atoms with Gasteiger partial charge in [-0.05, 0) is 31.0 Å². The topological polar surface area (TPSA) is 65.8 Å². The summed E-state index contributed by atoms with van der Waals surface area (Å²) < 4.78 is 0. The van der Waals surface area contributed by atoms with E-state index in [-0.39, 0.29) is 23.4 Å². The van der Waals surface area contributed by atoms with Gasteiger partial charge in [0.05, 0.1) is 0 Å². The summed E-state index contributed by atoms with van der Waals surface area (Å²) >= 11 is 0. The summed E-state index contributed by atoms with van der Waals surface area (Å²) in [5.74, 6) is -0.253. The standard InChI is InChI=1S/C14H15N3O/c1-3-12-6-10(4-5-16-12)13-7-11(8-15)14(18)17-9(13)2/h4-7,9,13H,3H2,1-2H3,(H,17,18). The van der Waals surface area contributed by atoms with Crippen molar-refractivity contribution in [2.45, 2.75) is 32.2 Å². The van der Waals surface area contributed by atoms with E-state index in [1.165, 1.54) is 0 Å². The molecule has 1 aromatic rings. The summed E-state index contributed by atoms with van der Waals surface area (Å²) in [6, 6.07) is 5.89. The lowest BCUT2D eigenvalue weighted by Gasteiger charge is -2.27. The summed E-state index contributed by atoms with van der Waals surface area (Å²) in [7, 11) is 0. The minimum absolute atomic E-state index is 0.0123. The van der Waals surface area contributed by atoms with Crippen LogP contribution < -0.4 is 5.32 Å². The summed E-state index contributed by atoms with van der Waals surface area (Å²) in [5.41, 5.74) is 2.29. The predicted octanol–water partition coefficient (Wildman–Crippen LogP) is 1.70. The van der Waals surface area contributed by atoms with E-state index in [2.05, 4.69) is 17.2 Å². The van der Waals surface area contributed by atoms with Crippen molar-refractivity contribution in [3.05, 3.63) is 41.2 Å². The van der Waals surface area contributed by atoms with Gasteiger partial charge >= 0.3 is 0 Å². The molecule has 1 aromatic heterocycles. The maximum absolute atomic E-state index is 11.5. The lowest BCUT2D eigenvalue weighted by atomic mass is 9.87. The van der Waals surface area contributed by atoms with Gasteiger partial charge in [-0.15, -0.1) is 0 Å². The summed E-state index contributed by atoms with van der Waals surface area (Å²) in [6.07, 6.45) is 4.39. The maximum atomic E-state index is 11.5. The van der Waals surface area contributed by atoms with Gasteiger partial charge in [0, 0.05) is 23.9 Å². The molecule has 2 atom stereocenters. The van der Waals surface area contributed by atoms with Gasteiger partial charge in [0.1, 0.15) is 11.6 Å². The number of nitriles is 1. The van der Waals surface area contributed by atoms with Crippen LogP contribution >= 0.6 is 0 Å². The fraction of sp³-hybridized carbons (Fsp3) is 0.357. The second-order valence-electron chi connectivity index (χ2n) is 4.41. The second kappa shape index (κ2) is 5.01. The van der Waals surface area contributed by atoms with E-state index in [0.717, 1.165) is 17.7 Å². The highest BCUT2D eigenvalue weighted by atomic mass is 16.1. The van der Waals surface area contributed by atoms with Gasteiger partial charge in [-0.3, -0.25) is 9.78 Å². The molecule has 0 fully saturated rings. The molecule has 1 aliphatic rings. The zero-order valence-electron chi connectivity index (χ0n) is 10.5. The second-order valence-corrected chi connectivity index (χ2v) is 4.41. The number of carbonyl (C=O) groups is 1. The molecule has 0 spiro atoms. The Morgan fingerprint density at radius 3 is 3.00 bits per heavy atom. The number of amides is 1. The third kappa shape index (κ3) is 2.25. The molecule has 0 aromatic carbocycles. The van der Waals surface area contributed by atoms with E-state index in [0.29, 0.717) is 0 Å². The SMILES string of the molecule is CCc1cc(C2C=C(C#N)C(=O)NC2C)ccn1. The quantitative estimate of drug-likeness (QED) is 0.857. The van der Waals surface area contributed by atoms with Gasteiger partial charge in [-0.25, -0.2) is 0 Å². The molecular weight excluding hydrogens is 226 g/mol. The Labute approximate surface area is 106 Å². The number of nitrogens with one attached hydrogen (secondary N) is 1. The molecule has 2 heterocycles. The molecule has 18 heavy (non-hydrogen) atoms. The molecular formula is C14H15N3O. The van der Waals surface area contributed by atoms with Crippen LogP contribution in [0.3, 0.4) is 0 Å². The molecule has 0 bridgehead atoms. The molecule has 0 aliphatic carbocycles. The molecule has 0 radical (unpaired) electrons. The van der Waals surface area contributed by atoms with Crippen LogP contribution in [0, 0.1) is 11.3 Å². The van der Waals surface area contributed by atoms with E-state index >= 15 is 0 Å². The first-order valence-electron chi connectivity index (χ1n) is 6.03. The van der Waals surface area contributed by atoms with Crippen LogP contribution in [0.4, 0.5) is 0 Å². The molecule has 0 saturated heterocycles. The minimum Gasteiger partial charge on any atom is -0.348 e. The van der Waals surface area contributed by atoms with Crippen molar-refractivity contribution < 1.29 is 4.79 Å². The molecule has 92 valence electrons. The van der Waals surface area contributed by atoms with Gasteiger partial charge in [-0.1, -0.05) is 13.0 Å². The average molecular weight is 241 g/mol. The number of aryl methyl sites for hydroxylation is 1. The van der Waals surface area contributed by atoms with Crippen molar-refractivity contribution in [2.75, 3.05) is 0 Å². The first-order valence-corrected chi connectivity index (χ1v) is 6.03. The van der Waals surface area contributed by atoms with Crippen LogP contribution in [0.1, 0.15) is 31.0 Å². The first kappa shape index (κ1) is 12.3. The smallest absolute Gasteiger partial charge is 0.261 e. The van der Waals surface area contributed by atoms with Gasteiger partial charge in [0.25, 0.3) is 5.91 Å². The molecule has 2 unspecified atom stereocenters. The highest BCUT2D eigenvalue weighted by molar-refractivity contribution is 5.98. The van der Waals surface area contributed by atoms with E-state index < -0.39 is 0 Å². The van der Waals surface area contributed by atoms with Crippen molar-refractivity contribution in [1.82, 2.24) is 10.3 Å². The lowest BCUT2D eigenvalue weighted by molar-refractivity contribution is -0.118. The summed E-state index contributed by atoms with van der Waals surface area (Å²) in [5, 5.41) is 11.7. The van der Waals surface area contributed by atoms with Crippen molar-refractivity contribution in [3.8, 4) is 6.07 Å². The molecule has 2 rings (SSSR count). The molecule has 1 amide bonds. The van der Waals surface area contributed by atoms with Crippen LogP contribution in [0.25, 0.3) is 0 Å². The van der Waals surface area contributed by atoms with Crippen LogP contribution in [-0.4, -0.2) is 16.9 Å². The lowest BCUT2D eigenvalue weighted by Crippen LogP contribution is -2.41. The van der Waals surface area contributed by atoms with E-state index in [1.54, 1.807) is 12.3 Å². The van der Waals surface area contributed by atoms with E-state index in [1.807, 2.05) is 25.1 Å². The van der Waals surface area contributed by atoms with Gasteiger partial charge in [-0.2, -0.15) is 5.26 Å². The molecule has 1 N–H and O–H groups in total. The zero-order chi connectivity index (χ0) is 13.1. The third-order valence-electron chi connectivity index (χ3n) is 3.20. The largest absolute Gasteiger partial charge is 0.348 e. The Morgan fingerprint density at radius 2 is 2.33 bits per heavy atom. The van der Waals surface area contributed by atoms with Crippen molar-refractivity contribution in [3.63, 3.8) is 0 Å². The van der Waals surface area contributed by atoms with E-state index in [9.17, 15) is 4.79 Å². The van der Waals surface area contributed by atoms with Crippen LogP contribution in [0.15, 0.2) is 30.0 Å². The summed E-state index contributed by atoms with van der Waals surface area (Å²) in [6.45, 7) is 3.99. The Balaban J connectivity index is 2.40. The minimum atomic E-state index is -0.286. The molecule has 1 aliphatic heterocycles. The van der Waals surface area contributed by atoms with Crippen LogP contribution in [-0.2, 0) is 11.2 Å². The zero-order valence-corrected chi connectivity index (χ0v) is 10.5. The number of pyridine rings is 1. The molecule has 0 saturated carbocycles. The molecule has 4 nitrogen and oxygen atoms in total. The first-order chi connectivity index (χ1) is 8.65. The molecule has 4 heteroatoms. The van der Waals surface area contributed by atoms with Crippen molar-refractivity contribution in [1.29, 1.82) is 5.26 Å².